The van der Waals surface area contributed by atoms with Crippen LogP contribution in [0.1, 0.15) is 68.2 Å². The van der Waals surface area contributed by atoms with E-state index in [-0.39, 0.29) is 45.1 Å². The number of methoxy groups -OCH3 is 1. The summed E-state index contributed by atoms with van der Waals surface area (Å²) in [4.78, 5) is 164. The molecule has 4 aromatic carbocycles. The number of aromatic amines is 3. The molecule has 1 aliphatic rings. The summed E-state index contributed by atoms with van der Waals surface area (Å²) >= 11 is 0. The number of ketones is 5. The molecule has 8 rings (SSSR count). The molecule has 25 nitrogen and oxygen atoms in total. The zero-order valence-electron chi connectivity index (χ0n) is 49.4. The van der Waals surface area contributed by atoms with E-state index in [2.05, 4.69) is 41.5 Å². The number of benzene rings is 4. The third-order valence-electron chi connectivity index (χ3n) is 16.0. The van der Waals surface area contributed by atoms with E-state index in [1.807, 2.05) is 30.3 Å². The Bertz CT molecular complexity index is 3760. The standard InChI is InChI=1S/C64H74N12O13/c1-33(2)50(68)59(82)54(63(86)88-3)75-61(84)51(56(79)42(65)26-36-29-69-45-20-10-7-17-39(36)45)73-49(77)25-24-35-16-13-23-48(55(35)78)72-60(83)52(57(80)43(66)27-37-30-70-46-21-11-8-18-40(37)46)74-62(85)53(76-64(87)89-32-34-14-5-4-6-15-34)58(81)44(67)28-38-31-71-47-22-12-9-19-41(38)47/h4-12,14-15,17-22,29-31,33,35,42-44,48,50-54,69-71H,13,16,23-28,32,65-68H2,1-3H3,(H,72,83)(H,73,77)(H,74,85)(H,75,84)(H,76,87)/t35-,42+,43+,44+,48-,50+,51+,52+,53+,54+/m1/s1. The van der Waals surface area contributed by atoms with E-state index < -0.39 is 137 Å². The third-order valence-corrected chi connectivity index (χ3v) is 16.0. The van der Waals surface area contributed by atoms with Crippen molar-refractivity contribution in [3.05, 3.63) is 144 Å². The first-order valence-electron chi connectivity index (χ1n) is 29.2. The second-order valence-electron chi connectivity index (χ2n) is 22.6. The maximum Gasteiger partial charge on any atom is 0.408 e. The van der Waals surface area contributed by atoms with Crippen LogP contribution in [0.5, 0.6) is 0 Å². The number of Topliss-reactive ketones (excluding diaryl/α,β-unsaturated/α-hetero) is 5. The third kappa shape index (κ3) is 16.1. The van der Waals surface area contributed by atoms with Crippen LogP contribution in [-0.4, -0.2) is 141 Å². The van der Waals surface area contributed by atoms with Crippen molar-refractivity contribution in [1.29, 1.82) is 0 Å². The molecule has 3 aromatic heterocycles. The SMILES string of the molecule is COC(=O)[C@@H](NC(=O)[C@@H](NC(=O)CC[C@H]1CCC[C@@H](NC(=O)[C@@H](NC(=O)[C@@H](NC(=O)OCc2ccccc2)C(=O)[C@@H](N)Cc2c[nH]c3ccccc23)C(=O)[C@@H](N)Cc2c[nH]c3ccccc23)C1=O)C(=O)[C@@H](N)Cc1c[nH]c2ccccc12)C(=O)[C@@H](N)C(C)C. The molecule has 0 aliphatic heterocycles. The van der Waals surface area contributed by atoms with Gasteiger partial charge in [0, 0.05) is 63.6 Å². The number of alkyl carbamates (subject to hydrolysis) is 1. The summed E-state index contributed by atoms with van der Waals surface area (Å²) in [6.45, 7) is 2.97. The molecule has 89 heavy (non-hydrogen) atoms. The van der Waals surface area contributed by atoms with Crippen LogP contribution in [0.4, 0.5) is 4.79 Å². The number of nitrogens with two attached hydrogens (primary N) is 4. The zero-order chi connectivity index (χ0) is 64.1. The normalized spacial score (nSPS) is 16.8. The number of rotatable bonds is 29. The quantitative estimate of drug-likeness (QED) is 0.0235. The van der Waals surface area contributed by atoms with E-state index in [4.69, 9.17) is 32.4 Å². The lowest BCUT2D eigenvalue weighted by atomic mass is 9.81. The maximum atomic E-state index is 14.7. The van der Waals surface area contributed by atoms with Gasteiger partial charge in [0.25, 0.3) is 17.7 Å². The van der Waals surface area contributed by atoms with Crippen molar-refractivity contribution in [2.45, 2.75) is 126 Å². The van der Waals surface area contributed by atoms with Crippen LogP contribution in [0, 0.1) is 11.8 Å². The molecular formula is C64H74N12O13. The Morgan fingerprint density at radius 1 is 0.539 bits per heavy atom. The van der Waals surface area contributed by atoms with Gasteiger partial charge < -0.3 is 73.9 Å². The largest absolute Gasteiger partial charge is 0.467 e. The van der Waals surface area contributed by atoms with Crippen molar-refractivity contribution in [3.8, 4) is 0 Å². The van der Waals surface area contributed by atoms with Crippen LogP contribution in [0.2, 0.25) is 0 Å². The lowest BCUT2D eigenvalue weighted by Crippen LogP contribution is -2.63. The average Bonchev–Trinajstić information content (AvgIpc) is 2.95. The fourth-order valence-electron chi connectivity index (χ4n) is 10.9. The summed E-state index contributed by atoms with van der Waals surface area (Å²) in [7, 11) is 0.984. The molecule has 10 atom stereocenters. The number of carbonyl (C=O) groups excluding carboxylic acids is 11. The second kappa shape index (κ2) is 29.8. The van der Waals surface area contributed by atoms with Crippen molar-refractivity contribution in [2.24, 2.45) is 34.8 Å². The molecule has 0 unspecified atom stereocenters. The Morgan fingerprint density at radius 3 is 1.45 bits per heavy atom. The van der Waals surface area contributed by atoms with Crippen LogP contribution in [0.25, 0.3) is 32.7 Å². The van der Waals surface area contributed by atoms with Gasteiger partial charge in [0.05, 0.1) is 37.3 Å². The summed E-state index contributed by atoms with van der Waals surface area (Å²) in [5.74, 6) is -11.8. The Kier molecular flexibility index (Phi) is 21.9. The Morgan fingerprint density at radius 2 is 0.978 bits per heavy atom. The van der Waals surface area contributed by atoms with E-state index in [1.54, 1.807) is 105 Å². The van der Waals surface area contributed by atoms with E-state index in [9.17, 15) is 52.7 Å². The number of H-pyrrole nitrogens is 3. The predicted molar refractivity (Wildman–Crippen MR) is 328 cm³/mol. The van der Waals surface area contributed by atoms with Gasteiger partial charge in [-0.05, 0) is 84.9 Å². The second-order valence-corrected chi connectivity index (χ2v) is 22.6. The minimum atomic E-state index is -2.18. The molecule has 5 amide bonds. The molecule has 468 valence electrons. The molecule has 1 aliphatic carbocycles. The molecule has 1 fully saturated rings. The van der Waals surface area contributed by atoms with Crippen LogP contribution < -0.4 is 49.5 Å². The molecule has 0 spiro atoms. The summed E-state index contributed by atoms with van der Waals surface area (Å²) in [5, 5.41) is 14.1. The monoisotopic (exact) mass is 1220 g/mol. The Labute approximate surface area is 511 Å². The minimum absolute atomic E-state index is 0.0493. The van der Waals surface area contributed by atoms with Gasteiger partial charge in [0.2, 0.25) is 5.91 Å². The number of nitrogens with one attached hydrogen (secondary N) is 8. The van der Waals surface area contributed by atoms with Crippen molar-refractivity contribution in [2.75, 3.05) is 7.11 Å². The van der Waals surface area contributed by atoms with Gasteiger partial charge in [0.1, 0.15) is 6.61 Å². The number of hydrogen-bond donors (Lipinski definition) is 12. The lowest BCUT2D eigenvalue weighted by Gasteiger charge is -2.30. The van der Waals surface area contributed by atoms with E-state index in [0.29, 0.717) is 28.7 Å². The van der Waals surface area contributed by atoms with Crippen LogP contribution in [-0.2, 0) is 83.3 Å². The van der Waals surface area contributed by atoms with Crippen LogP contribution >= 0.6 is 0 Å². The Balaban J connectivity index is 1.000. The van der Waals surface area contributed by atoms with Crippen molar-refractivity contribution in [3.63, 3.8) is 0 Å². The summed E-state index contributed by atoms with van der Waals surface area (Å²) < 4.78 is 10.2. The highest BCUT2D eigenvalue weighted by Crippen LogP contribution is 2.27. The molecule has 25 heteroatoms. The number of carbonyl (C=O) groups is 11. The van der Waals surface area contributed by atoms with Gasteiger partial charge in [-0.25, -0.2) is 9.59 Å². The van der Waals surface area contributed by atoms with Gasteiger partial charge in [-0.3, -0.25) is 43.2 Å². The molecule has 0 radical (unpaired) electrons. The van der Waals surface area contributed by atoms with Gasteiger partial charge in [-0.15, -0.1) is 0 Å². The van der Waals surface area contributed by atoms with Gasteiger partial charge in [-0.2, -0.15) is 0 Å². The smallest absolute Gasteiger partial charge is 0.408 e. The maximum absolute atomic E-state index is 14.7. The molecule has 16 N–H and O–H groups in total. The number of hydrogen-bond acceptors (Lipinski definition) is 17. The van der Waals surface area contributed by atoms with Crippen LogP contribution in [0.15, 0.2) is 122 Å². The molecule has 0 bridgehead atoms. The topological polar surface area (TPSA) is 418 Å². The number of fused-ring (bicyclic) bond motifs is 3. The fraction of sp³-hybridized carbons (Fsp3) is 0.359. The van der Waals surface area contributed by atoms with Crippen LogP contribution in [0.3, 0.4) is 0 Å². The average molecular weight is 1220 g/mol. The summed E-state index contributed by atoms with van der Waals surface area (Å²) in [5.41, 5.74) is 30.3. The van der Waals surface area contributed by atoms with Crippen molar-refractivity contribution < 1.29 is 62.2 Å². The van der Waals surface area contributed by atoms with Gasteiger partial charge in [0.15, 0.2) is 53.1 Å². The number of aromatic nitrogens is 3. The number of para-hydroxylation sites is 3. The lowest BCUT2D eigenvalue weighted by molar-refractivity contribution is -0.150. The number of esters is 1. The highest BCUT2D eigenvalue weighted by atomic mass is 16.5. The number of amides is 5. The zero-order valence-corrected chi connectivity index (χ0v) is 49.4. The first-order valence-corrected chi connectivity index (χ1v) is 29.2. The van der Waals surface area contributed by atoms with E-state index in [0.717, 1.165) is 39.8 Å². The summed E-state index contributed by atoms with van der Waals surface area (Å²) in [6.07, 6.45) is 3.30. The predicted octanol–water partition coefficient (Wildman–Crippen LogP) is 1.96. The van der Waals surface area contributed by atoms with Crippen molar-refractivity contribution in [1.82, 2.24) is 41.5 Å². The van der Waals surface area contributed by atoms with Gasteiger partial charge >= 0.3 is 12.1 Å². The number of ether oxygens (including phenoxy) is 2. The van der Waals surface area contributed by atoms with Crippen molar-refractivity contribution >= 4 is 97.3 Å². The molecule has 3 heterocycles. The summed E-state index contributed by atoms with van der Waals surface area (Å²) in [6, 6.07) is 14.9. The molecule has 7 aromatic rings. The fourth-order valence-corrected chi connectivity index (χ4v) is 10.9. The molecule has 0 saturated heterocycles. The molecular weight excluding hydrogens is 1140 g/mol. The molecule has 1 saturated carbocycles. The van der Waals surface area contributed by atoms with E-state index in [1.165, 1.54) is 0 Å². The van der Waals surface area contributed by atoms with E-state index >= 15 is 0 Å². The Hall–Kier alpha value is -9.69. The first kappa shape index (κ1) is 65.3. The first-order chi connectivity index (χ1) is 42.6. The highest BCUT2D eigenvalue weighted by Gasteiger charge is 2.43. The minimum Gasteiger partial charge on any atom is -0.467 e. The highest BCUT2D eigenvalue weighted by molar-refractivity contribution is 6.16. The van der Waals surface area contributed by atoms with Gasteiger partial charge in [-0.1, -0.05) is 105 Å².